The molecule has 4 amide bonds. The van der Waals surface area contributed by atoms with Crippen molar-refractivity contribution in [1.29, 1.82) is 0 Å². The van der Waals surface area contributed by atoms with Crippen LogP contribution in [0.2, 0.25) is 0 Å². The first kappa shape index (κ1) is 23.3. The van der Waals surface area contributed by atoms with Crippen molar-refractivity contribution in [3.63, 3.8) is 0 Å². The highest BCUT2D eigenvalue weighted by atomic mass is 32.2. The summed E-state index contributed by atoms with van der Waals surface area (Å²) in [4.78, 5) is 48.0. The van der Waals surface area contributed by atoms with Crippen molar-refractivity contribution >= 4 is 35.4 Å². The maximum atomic E-state index is 12.4. The number of rotatable bonds is 8. The van der Waals surface area contributed by atoms with E-state index < -0.39 is 29.7 Å². The molecule has 0 aliphatic heterocycles. The van der Waals surface area contributed by atoms with Gasteiger partial charge in [-0.15, -0.1) is 0 Å². The van der Waals surface area contributed by atoms with Crippen LogP contribution < -0.4 is 26.2 Å². The van der Waals surface area contributed by atoms with E-state index in [0.29, 0.717) is 23.5 Å². The highest BCUT2D eigenvalue weighted by molar-refractivity contribution is 7.98. The number of thioether (sulfide) groups is 1. The SMILES string of the molecule is COc1ccc(C(=O)N[C@H](CCSC)C(=O)NNC(=O)C(=O)NC(C)C)cc1. The summed E-state index contributed by atoms with van der Waals surface area (Å²) in [6.07, 6.45) is 2.22. The molecular weight excluding hydrogens is 384 g/mol. The largest absolute Gasteiger partial charge is 0.497 e. The molecule has 1 aromatic rings. The number of amides is 4. The minimum absolute atomic E-state index is 0.216. The first-order chi connectivity index (χ1) is 13.3. The average Bonchev–Trinajstić information content (AvgIpc) is 2.68. The Labute approximate surface area is 168 Å². The number of benzene rings is 1. The van der Waals surface area contributed by atoms with Crippen LogP contribution in [-0.2, 0) is 14.4 Å². The van der Waals surface area contributed by atoms with Gasteiger partial charge in [-0.2, -0.15) is 11.8 Å². The summed E-state index contributed by atoms with van der Waals surface area (Å²) in [6, 6.07) is 5.34. The van der Waals surface area contributed by atoms with Crippen LogP contribution in [-0.4, -0.2) is 54.8 Å². The van der Waals surface area contributed by atoms with Crippen molar-refractivity contribution in [1.82, 2.24) is 21.5 Å². The van der Waals surface area contributed by atoms with Gasteiger partial charge in [0.25, 0.3) is 11.8 Å². The average molecular weight is 410 g/mol. The van der Waals surface area contributed by atoms with Gasteiger partial charge in [0.2, 0.25) is 0 Å². The summed E-state index contributed by atoms with van der Waals surface area (Å²) in [5, 5.41) is 5.04. The van der Waals surface area contributed by atoms with E-state index >= 15 is 0 Å². The van der Waals surface area contributed by atoms with E-state index in [2.05, 4.69) is 16.1 Å². The smallest absolute Gasteiger partial charge is 0.327 e. The van der Waals surface area contributed by atoms with Crippen molar-refractivity contribution < 1.29 is 23.9 Å². The van der Waals surface area contributed by atoms with Crippen LogP contribution >= 0.6 is 11.8 Å². The predicted molar refractivity (Wildman–Crippen MR) is 107 cm³/mol. The fourth-order valence-corrected chi connectivity index (χ4v) is 2.55. The Morgan fingerprint density at radius 1 is 1.00 bits per heavy atom. The molecule has 1 aromatic carbocycles. The highest BCUT2D eigenvalue weighted by Crippen LogP contribution is 2.11. The molecule has 0 saturated heterocycles. The maximum Gasteiger partial charge on any atom is 0.327 e. The second-order valence-electron chi connectivity index (χ2n) is 6.11. The molecule has 0 aliphatic carbocycles. The Bertz CT molecular complexity index is 694. The van der Waals surface area contributed by atoms with E-state index in [1.807, 2.05) is 11.7 Å². The molecule has 9 nitrogen and oxygen atoms in total. The topological polar surface area (TPSA) is 126 Å². The summed E-state index contributed by atoms with van der Waals surface area (Å²) in [5.41, 5.74) is 4.59. The first-order valence-electron chi connectivity index (χ1n) is 8.63. The minimum Gasteiger partial charge on any atom is -0.497 e. The zero-order valence-corrected chi connectivity index (χ0v) is 17.1. The number of hydrazine groups is 1. The molecule has 0 unspecified atom stereocenters. The van der Waals surface area contributed by atoms with Crippen LogP contribution in [0.5, 0.6) is 5.75 Å². The van der Waals surface area contributed by atoms with Crippen LogP contribution in [0, 0.1) is 0 Å². The van der Waals surface area contributed by atoms with E-state index in [9.17, 15) is 19.2 Å². The van der Waals surface area contributed by atoms with E-state index in [-0.39, 0.29) is 6.04 Å². The third kappa shape index (κ3) is 7.87. The third-order valence-corrected chi connectivity index (χ3v) is 4.15. The van der Waals surface area contributed by atoms with Gasteiger partial charge in [-0.25, -0.2) is 0 Å². The van der Waals surface area contributed by atoms with Gasteiger partial charge in [0.1, 0.15) is 11.8 Å². The predicted octanol–water partition coefficient (Wildman–Crippen LogP) is 0.219. The van der Waals surface area contributed by atoms with Gasteiger partial charge in [0.05, 0.1) is 7.11 Å². The molecule has 0 heterocycles. The van der Waals surface area contributed by atoms with Gasteiger partial charge >= 0.3 is 11.8 Å². The Balaban J connectivity index is 2.69. The van der Waals surface area contributed by atoms with E-state index in [1.165, 1.54) is 18.9 Å². The van der Waals surface area contributed by atoms with Gasteiger partial charge < -0.3 is 15.4 Å². The summed E-state index contributed by atoms with van der Waals surface area (Å²) in [6.45, 7) is 3.41. The van der Waals surface area contributed by atoms with Crippen molar-refractivity contribution in [2.45, 2.75) is 32.4 Å². The lowest BCUT2D eigenvalue weighted by Gasteiger charge is -2.18. The molecule has 1 rings (SSSR count). The van der Waals surface area contributed by atoms with Crippen LogP contribution in [0.25, 0.3) is 0 Å². The molecule has 0 aliphatic rings. The number of hydrogen-bond donors (Lipinski definition) is 4. The monoisotopic (exact) mass is 410 g/mol. The summed E-state index contributed by atoms with van der Waals surface area (Å²) >= 11 is 1.51. The minimum atomic E-state index is -0.993. The quantitative estimate of drug-likeness (QED) is 0.359. The Hall–Kier alpha value is -2.75. The molecule has 0 aromatic heterocycles. The molecule has 0 bridgehead atoms. The molecule has 4 N–H and O–H groups in total. The first-order valence-corrected chi connectivity index (χ1v) is 10.0. The fraction of sp³-hybridized carbons (Fsp3) is 0.444. The van der Waals surface area contributed by atoms with Crippen LogP contribution in [0.4, 0.5) is 0 Å². The Morgan fingerprint density at radius 2 is 1.64 bits per heavy atom. The Morgan fingerprint density at radius 3 is 2.18 bits per heavy atom. The standard InChI is InChI=1S/C18H26N4O5S/c1-11(2)19-17(25)18(26)22-21-16(24)14(9-10-28-4)20-15(23)12-5-7-13(27-3)8-6-12/h5-8,11,14H,9-10H2,1-4H3,(H,19,25)(H,20,23)(H,21,24)(H,22,26)/t14-/m1/s1. The maximum absolute atomic E-state index is 12.4. The highest BCUT2D eigenvalue weighted by Gasteiger charge is 2.23. The van der Waals surface area contributed by atoms with Gasteiger partial charge in [-0.05, 0) is 56.5 Å². The summed E-state index contributed by atoms with van der Waals surface area (Å²) in [5.74, 6) is -1.70. The van der Waals surface area contributed by atoms with Crippen molar-refractivity contribution in [3.8, 4) is 5.75 Å². The summed E-state index contributed by atoms with van der Waals surface area (Å²) < 4.78 is 5.05. The van der Waals surface area contributed by atoms with E-state index in [4.69, 9.17) is 4.74 Å². The van der Waals surface area contributed by atoms with E-state index in [1.54, 1.807) is 38.1 Å². The second-order valence-corrected chi connectivity index (χ2v) is 7.09. The molecule has 154 valence electrons. The van der Waals surface area contributed by atoms with Gasteiger partial charge in [0, 0.05) is 11.6 Å². The lowest BCUT2D eigenvalue weighted by molar-refractivity contribution is -0.141. The zero-order chi connectivity index (χ0) is 21.1. The summed E-state index contributed by atoms with van der Waals surface area (Å²) in [7, 11) is 1.52. The molecule has 0 spiro atoms. The number of methoxy groups -OCH3 is 1. The van der Waals surface area contributed by atoms with Crippen LogP contribution in [0.1, 0.15) is 30.6 Å². The molecule has 0 saturated carbocycles. The van der Waals surface area contributed by atoms with Crippen LogP contribution in [0.15, 0.2) is 24.3 Å². The molecule has 1 atom stereocenters. The molecule has 10 heteroatoms. The number of ether oxygens (including phenoxy) is 1. The normalized spacial score (nSPS) is 11.3. The van der Waals surface area contributed by atoms with Gasteiger partial charge in [-0.1, -0.05) is 0 Å². The molecule has 28 heavy (non-hydrogen) atoms. The number of hydrogen-bond acceptors (Lipinski definition) is 6. The van der Waals surface area contributed by atoms with Crippen LogP contribution in [0.3, 0.4) is 0 Å². The molecule has 0 fully saturated rings. The lowest BCUT2D eigenvalue weighted by Crippen LogP contribution is -2.55. The van der Waals surface area contributed by atoms with Crippen molar-refractivity contribution in [2.75, 3.05) is 19.1 Å². The second kappa shape index (κ2) is 11.9. The zero-order valence-electron chi connectivity index (χ0n) is 16.3. The van der Waals surface area contributed by atoms with Gasteiger partial charge in [0.15, 0.2) is 0 Å². The Kier molecular flexibility index (Phi) is 9.86. The third-order valence-electron chi connectivity index (χ3n) is 3.51. The number of carbonyl (C=O) groups is 4. The fourth-order valence-electron chi connectivity index (χ4n) is 2.08. The molecular formula is C18H26N4O5S. The lowest BCUT2D eigenvalue weighted by atomic mass is 10.1. The number of carbonyl (C=O) groups excluding carboxylic acids is 4. The van der Waals surface area contributed by atoms with Gasteiger partial charge in [-0.3, -0.25) is 30.0 Å². The molecule has 0 radical (unpaired) electrons. The van der Waals surface area contributed by atoms with Crippen molar-refractivity contribution in [3.05, 3.63) is 29.8 Å². The van der Waals surface area contributed by atoms with Crippen molar-refractivity contribution in [2.24, 2.45) is 0 Å². The van der Waals surface area contributed by atoms with E-state index in [0.717, 1.165) is 0 Å². The number of nitrogens with one attached hydrogen (secondary N) is 4.